The molecule has 2 aromatic carbocycles. The number of fused-ring (bicyclic) bond motifs is 3. The molecular formula is C22H23NO5S. The average molecular weight is 413 g/mol. The second kappa shape index (κ2) is 6.93. The van der Waals surface area contributed by atoms with Crippen molar-refractivity contribution in [1.82, 2.24) is 4.90 Å². The van der Waals surface area contributed by atoms with Crippen LogP contribution in [0.2, 0.25) is 0 Å². The largest absolute Gasteiger partial charge is 0.352 e. The van der Waals surface area contributed by atoms with Crippen LogP contribution in [0.3, 0.4) is 0 Å². The Bertz CT molecular complexity index is 1020. The van der Waals surface area contributed by atoms with Crippen LogP contribution in [0.15, 0.2) is 59.5 Å². The van der Waals surface area contributed by atoms with Gasteiger partial charge in [-0.25, -0.2) is 0 Å². The van der Waals surface area contributed by atoms with Crippen LogP contribution in [0, 0.1) is 18.8 Å². The minimum Gasteiger partial charge on any atom is -0.352 e. The summed E-state index contributed by atoms with van der Waals surface area (Å²) in [5, 5.41) is 0. The molecule has 2 heterocycles. The van der Waals surface area contributed by atoms with E-state index in [1.807, 2.05) is 42.2 Å². The number of rotatable bonds is 4. The fourth-order valence-corrected chi connectivity index (χ4v) is 6.04. The molecule has 0 radical (unpaired) electrons. The lowest BCUT2D eigenvalue weighted by atomic mass is 9.94. The first-order valence-electron chi connectivity index (χ1n) is 9.93. The van der Waals surface area contributed by atoms with Gasteiger partial charge < -0.3 is 9.64 Å². The quantitative estimate of drug-likeness (QED) is 0.721. The Morgan fingerprint density at radius 3 is 2.48 bits per heavy atom. The van der Waals surface area contributed by atoms with Crippen LogP contribution in [0.5, 0.6) is 0 Å². The SMILES string of the molecule is Cc1ccc(S(=O)(=O)OC2C[C@@H]3C4COC(c5ccccc5)N4C(=O)[C@@H]3C2)cc1. The Labute approximate surface area is 170 Å². The number of nitrogens with zero attached hydrogens (tertiary/aromatic N) is 1. The van der Waals surface area contributed by atoms with Gasteiger partial charge in [-0.3, -0.25) is 8.98 Å². The zero-order valence-corrected chi connectivity index (χ0v) is 16.9. The normalized spacial score (nSPS) is 31.1. The van der Waals surface area contributed by atoms with E-state index in [1.165, 1.54) is 0 Å². The molecule has 7 heteroatoms. The highest BCUT2D eigenvalue weighted by Crippen LogP contribution is 2.50. The van der Waals surface area contributed by atoms with Gasteiger partial charge in [-0.15, -0.1) is 0 Å². The van der Waals surface area contributed by atoms with Crippen molar-refractivity contribution in [3.05, 3.63) is 65.7 Å². The molecule has 1 amide bonds. The van der Waals surface area contributed by atoms with Crippen LogP contribution in [0.25, 0.3) is 0 Å². The van der Waals surface area contributed by atoms with Crippen LogP contribution >= 0.6 is 0 Å². The second-order valence-corrected chi connectivity index (χ2v) is 9.71. The number of aryl methyl sites for hydroxylation is 1. The van der Waals surface area contributed by atoms with Gasteiger partial charge >= 0.3 is 0 Å². The number of hydrogen-bond donors (Lipinski definition) is 0. The Hall–Kier alpha value is -2.22. The molecule has 3 fully saturated rings. The van der Waals surface area contributed by atoms with Crippen molar-refractivity contribution >= 4 is 16.0 Å². The van der Waals surface area contributed by atoms with E-state index in [0.717, 1.165) is 11.1 Å². The Balaban J connectivity index is 1.31. The minimum absolute atomic E-state index is 0.0200. The first kappa shape index (κ1) is 18.8. The minimum atomic E-state index is -3.84. The summed E-state index contributed by atoms with van der Waals surface area (Å²) in [5.74, 6) is -0.0899. The number of carbonyl (C=O) groups excluding carboxylic acids is 1. The van der Waals surface area contributed by atoms with Crippen LogP contribution in [0.1, 0.15) is 30.2 Å². The van der Waals surface area contributed by atoms with Crippen molar-refractivity contribution in [3.8, 4) is 0 Å². The number of benzene rings is 2. The molecule has 6 nitrogen and oxygen atoms in total. The van der Waals surface area contributed by atoms with E-state index in [-0.39, 0.29) is 34.9 Å². The molecule has 0 spiro atoms. The molecule has 2 aliphatic heterocycles. The number of carbonyl (C=O) groups is 1. The highest BCUT2D eigenvalue weighted by Gasteiger charge is 2.58. The summed E-state index contributed by atoms with van der Waals surface area (Å²) < 4.78 is 36.7. The lowest BCUT2D eigenvalue weighted by Gasteiger charge is -2.25. The van der Waals surface area contributed by atoms with Gasteiger partial charge in [0.2, 0.25) is 5.91 Å². The smallest absolute Gasteiger partial charge is 0.297 e. The maximum absolute atomic E-state index is 13.1. The third kappa shape index (κ3) is 3.17. The first-order chi connectivity index (χ1) is 13.9. The predicted octanol–water partition coefficient (Wildman–Crippen LogP) is 3.03. The Kier molecular flexibility index (Phi) is 4.49. The van der Waals surface area contributed by atoms with Gasteiger partial charge in [-0.2, -0.15) is 8.42 Å². The molecular weight excluding hydrogens is 390 g/mol. The zero-order valence-electron chi connectivity index (χ0n) is 16.1. The molecule has 152 valence electrons. The van der Waals surface area contributed by atoms with Gasteiger partial charge in [-0.05, 0) is 37.8 Å². The third-order valence-corrected chi connectivity index (χ3v) is 7.70. The highest BCUT2D eigenvalue weighted by molar-refractivity contribution is 7.86. The standard InChI is InChI=1S/C22H23NO5S/c1-14-7-9-17(10-8-14)29(25,26)28-16-11-18-19(12-16)21(24)23-20(18)13-27-22(23)15-5-3-2-4-6-15/h2-10,16,18-20,22H,11-13H2,1H3/t16?,18-,19+,20?,22?/m0/s1. The Morgan fingerprint density at radius 1 is 1.03 bits per heavy atom. The van der Waals surface area contributed by atoms with E-state index in [9.17, 15) is 13.2 Å². The molecule has 29 heavy (non-hydrogen) atoms. The molecule has 3 unspecified atom stereocenters. The van der Waals surface area contributed by atoms with Crippen molar-refractivity contribution in [2.75, 3.05) is 6.61 Å². The summed E-state index contributed by atoms with van der Waals surface area (Å²) in [4.78, 5) is 15.1. The van der Waals surface area contributed by atoms with E-state index in [2.05, 4.69) is 0 Å². The fourth-order valence-electron chi connectivity index (χ4n) is 4.95. The van der Waals surface area contributed by atoms with Crippen molar-refractivity contribution < 1.29 is 22.1 Å². The predicted molar refractivity (Wildman–Crippen MR) is 105 cm³/mol. The topological polar surface area (TPSA) is 72.9 Å². The van der Waals surface area contributed by atoms with E-state index in [4.69, 9.17) is 8.92 Å². The third-order valence-electron chi connectivity index (χ3n) is 6.33. The summed E-state index contributed by atoms with van der Waals surface area (Å²) >= 11 is 0. The summed E-state index contributed by atoms with van der Waals surface area (Å²) in [6, 6.07) is 16.3. The van der Waals surface area contributed by atoms with E-state index in [0.29, 0.717) is 19.4 Å². The van der Waals surface area contributed by atoms with Crippen molar-refractivity contribution in [2.24, 2.45) is 11.8 Å². The van der Waals surface area contributed by atoms with Gasteiger partial charge in [0, 0.05) is 11.5 Å². The van der Waals surface area contributed by atoms with Crippen LogP contribution < -0.4 is 0 Å². The van der Waals surface area contributed by atoms with Crippen LogP contribution in [0.4, 0.5) is 0 Å². The monoisotopic (exact) mass is 413 g/mol. The van der Waals surface area contributed by atoms with E-state index < -0.39 is 16.2 Å². The van der Waals surface area contributed by atoms with Crippen LogP contribution in [-0.4, -0.2) is 38.0 Å². The maximum Gasteiger partial charge on any atom is 0.297 e. The molecule has 2 saturated heterocycles. The van der Waals surface area contributed by atoms with Gasteiger partial charge in [0.1, 0.15) is 0 Å². The molecule has 1 saturated carbocycles. The van der Waals surface area contributed by atoms with Gasteiger partial charge in [0.25, 0.3) is 10.1 Å². The molecule has 0 bridgehead atoms. The number of amides is 1. The fraction of sp³-hybridized carbons (Fsp3) is 0.409. The van der Waals surface area contributed by atoms with E-state index in [1.54, 1.807) is 24.3 Å². The lowest BCUT2D eigenvalue weighted by Crippen LogP contribution is -2.34. The van der Waals surface area contributed by atoms with Crippen molar-refractivity contribution in [1.29, 1.82) is 0 Å². The highest BCUT2D eigenvalue weighted by atomic mass is 32.2. The van der Waals surface area contributed by atoms with Gasteiger partial charge in [-0.1, -0.05) is 48.0 Å². The molecule has 5 rings (SSSR count). The second-order valence-electron chi connectivity index (χ2n) is 8.14. The molecule has 5 atom stereocenters. The molecule has 0 aromatic heterocycles. The van der Waals surface area contributed by atoms with Crippen molar-refractivity contribution in [2.45, 2.75) is 43.0 Å². The first-order valence-corrected chi connectivity index (χ1v) is 11.3. The van der Waals surface area contributed by atoms with Crippen LogP contribution in [-0.2, 0) is 23.8 Å². The number of ether oxygens (including phenoxy) is 1. The summed E-state index contributed by atoms with van der Waals surface area (Å²) in [6.45, 7) is 2.38. The number of hydrogen-bond acceptors (Lipinski definition) is 5. The Morgan fingerprint density at radius 2 is 1.76 bits per heavy atom. The van der Waals surface area contributed by atoms with E-state index >= 15 is 0 Å². The lowest BCUT2D eigenvalue weighted by molar-refractivity contribution is -0.137. The molecule has 2 aromatic rings. The maximum atomic E-state index is 13.1. The van der Waals surface area contributed by atoms with Crippen molar-refractivity contribution in [3.63, 3.8) is 0 Å². The van der Waals surface area contributed by atoms with Gasteiger partial charge in [0.05, 0.1) is 23.6 Å². The summed E-state index contributed by atoms with van der Waals surface area (Å²) in [6.07, 6.45) is 0.157. The summed E-state index contributed by atoms with van der Waals surface area (Å²) in [5.41, 5.74) is 1.96. The van der Waals surface area contributed by atoms with Gasteiger partial charge in [0.15, 0.2) is 6.23 Å². The molecule has 0 N–H and O–H groups in total. The summed E-state index contributed by atoms with van der Waals surface area (Å²) in [7, 11) is -3.84. The zero-order chi connectivity index (χ0) is 20.2. The molecule has 1 aliphatic carbocycles. The molecule has 3 aliphatic rings. The average Bonchev–Trinajstić information content (AvgIpc) is 3.37.